The van der Waals surface area contributed by atoms with Crippen molar-refractivity contribution in [3.63, 3.8) is 0 Å². The summed E-state index contributed by atoms with van der Waals surface area (Å²) in [4.78, 5) is 17.3. The average molecular weight is 348 g/mol. The van der Waals surface area contributed by atoms with E-state index in [9.17, 15) is 9.90 Å². The lowest BCUT2D eigenvalue weighted by Crippen LogP contribution is -2.35. The van der Waals surface area contributed by atoms with Crippen molar-refractivity contribution in [2.75, 3.05) is 24.5 Å². The largest absolute Gasteiger partial charge is 0.509 e. The van der Waals surface area contributed by atoms with Crippen molar-refractivity contribution < 1.29 is 9.90 Å². The summed E-state index contributed by atoms with van der Waals surface area (Å²) in [6, 6.07) is 18.9. The lowest BCUT2D eigenvalue weighted by molar-refractivity contribution is -0.115. The predicted molar refractivity (Wildman–Crippen MR) is 103 cm³/mol. The Hall–Kier alpha value is -2.59. The number of likely N-dealkylation sites (tertiary alicyclic amines) is 1. The molecule has 0 bridgehead atoms. The number of piperidine rings is 1. The van der Waals surface area contributed by atoms with Crippen LogP contribution in [0, 0.1) is 0 Å². The van der Waals surface area contributed by atoms with Crippen molar-refractivity contribution in [3.8, 4) is 0 Å². The van der Waals surface area contributed by atoms with Gasteiger partial charge in [0.2, 0.25) is 0 Å². The first-order chi connectivity index (χ1) is 12.8. The second kappa shape index (κ2) is 7.34. The monoisotopic (exact) mass is 348 g/mol. The Kier molecular flexibility index (Phi) is 4.76. The van der Waals surface area contributed by atoms with Gasteiger partial charge in [-0.2, -0.15) is 0 Å². The van der Waals surface area contributed by atoms with Gasteiger partial charge < -0.3 is 5.11 Å². The molecule has 4 rings (SSSR count). The van der Waals surface area contributed by atoms with Crippen LogP contribution >= 0.6 is 0 Å². The topological polar surface area (TPSA) is 43.8 Å². The van der Waals surface area contributed by atoms with Gasteiger partial charge in [-0.1, -0.05) is 55.0 Å². The van der Waals surface area contributed by atoms with Crippen LogP contribution in [0.2, 0.25) is 0 Å². The lowest BCUT2D eigenvalue weighted by atomic mass is 10.0. The third-order valence-electron chi connectivity index (χ3n) is 5.28. The highest BCUT2D eigenvalue weighted by molar-refractivity contribution is 6.10. The zero-order chi connectivity index (χ0) is 17.9. The highest BCUT2D eigenvalue weighted by Crippen LogP contribution is 2.40. The first-order valence-electron chi connectivity index (χ1n) is 9.33. The Morgan fingerprint density at radius 1 is 0.885 bits per heavy atom. The van der Waals surface area contributed by atoms with Crippen molar-refractivity contribution in [1.29, 1.82) is 0 Å². The quantitative estimate of drug-likeness (QED) is 0.906. The molecule has 2 aromatic carbocycles. The molecule has 2 aliphatic heterocycles. The van der Waals surface area contributed by atoms with Gasteiger partial charge in [0.1, 0.15) is 11.8 Å². The van der Waals surface area contributed by atoms with Crippen molar-refractivity contribution in [2.24, 2.45) is 0 Å². The molecular formula is C22H24N2O2. The van der Waals surface area contributed by atoms with E-state index in [1.165, 1.54) is 6.42 Å². The molecule has 4 nitrogen and oxygen atoms in total. The molecule has 4 heteroatoms. The minimum atomic E-state index is -0.453. The zero-order valence-electron chi connectivity index (χ0n) is 14.8. The molecular weight excluding hydrogens is 324 g/mol. The van der Waals surface area contributed by atoms with Crippen LogP contribution in [0.3, 0.4) is 0 Å². The van der Waals surface area contributed by atoms with Crippen molar-refractivity contribution in [3.05, 3.63) is 77.6 Å². The van der Waals surface area contributed by atoms with Crippen LogP contribution in [0.4, 0.5) is 5.69 Å². The summed E-state index contributed by atoms with van der Waals surface area (Å²) < 4.78 is 0. The van der Waals surface area contributed by atoms with Gasteiger partial charge in [-0.05, 0) is 43.6 Å². The van der Waals surface area contributed by atoms with Crippen LogP contribution in [0.15, 0.2) is 72.0 Å². The molecule has 0 radical (unpaired) electrons. The maximum atomic E-state index is 13.3. The minimum absolute atomic E-state index is 0.0897. The number of anilines is 1. The number of amides is 1. The highest BCUT2D eigenvalue weighted by atomic mass is 16.3. The Labute approximate surface area is 154 Å². The van der Waals surface area contributed by atoms with E-state index < -0.39 is 6.04 Å². The molecule has 2 aromatic rings. The van der Waals surface area contributed by atoms with Crippen LogP contribution < -0.4 is 4.90 Å². The average Bonchev–Trinajstić information content (AvgIpc) is 2.95. The van der Waals surface area contributed by atoms with E-state index in [1.807, 2.05) is 60.7 Å². The molecule has 1 N–H and O–H groups in total. The number of benzene rings is 2. The molecule has 0 saturated carbocycles. The predicted octanol–water partition coefficient (Wildman–Crippen LogP) is 4.07. The van der Waals surface area contributed by atoms with E-state index >= 15 is 0 Å². The van der Waals surface area contributed by atoms with E-state index in [1.54, 1.807) is 4.90 Å². The molecule has 2 heterocycles. The smallest absolute Gasteiger partial charge is 0.259 e. The summed E-state index contributed by atoms with van der Waals surface area (Å²) in [6.07, 6.45) is 3.57. The number of para-hydroxylation sites is 1. The fourth-order valence-corrected chi connectivity index (χ4v) is 3.95. The fourth-order valence-electron chi connectivity index (χ4n) is 3.95. The van der Waals surface area contributed by atoms with Gasteiger partial charge in [0, 0.05) is 12.2 Å². The van der Waals surface area contributed by atoms with Crippen LogP contribution in [-0.4, -0.2) is 35.5 Å². The molecule has 1 fully saturated rings. The Bertz CT molecular complexity index is 795. The summed E-state index contributed by atoms with van der Waals surface area (Å²) in [7, 11) is 0. The van der Waals surface area contributed by atoms with Crippen LogP contribution in [0.25, 0.3) is 0 Å². The number of hydrogen-bond acceptors (Lipinski definition) is 3. The molecule has 2 aliphatic rings. The van der Waals surface area contributed by atoms with Gasteiger partial charge >= 0.3 is 0 Å². The molecule has 1 amide bonds. The number of hydrogen-bond donors (Lipinski definition) is 1. The van der Waals surface area contributed by atoms with E-state index in [0.29, 0.717) is 12.1 Å². The standard InChI is InChI=1S/C22H24N2O2/c25-21-19(16-23-14-8-3-9-15-23)22(26)24(18-12-6-2-7-13-18)20(21)17-10-4-1-5-11-17/h1-2,4-7,10-13,20,25H,3,8-9,14-16H2. The summed E-state index contributed by atoms with van der Waals surface area (Å²) >= 11 is 0. The third kappa shape index (κ3) is 3.13. The maximum Gasteiger partial charge on any atom is 0.259 e. The number of nitrogens with zero attached hydrogens (tertiary/aromatic N) is 2. The van der Waals surface area contributed by atoms with Crippen LogP contribution in [0.1, 0.15) is 30.9 Å². The van der Waals surface area contributed by atoms with Gasteiger partial charge in [0.05, 0.1) is 5.57 Å². The number of carbonyl (C=O) groups is 1. The normalized spacial score (nSPS) is 21.5. The lowest BCUT2D eigenvalue weighted by Gasteiger charge is -2.27. The first-order valence-corrected chi connectivity index (χ1v) is 9.33. The molecule has 1 saturated heterocycles. The van der Waals surface area contributed by atoms with Crippen LogP contribution in [0.5, 0.6) is 0 Å². The molecule has 134 valence electrons. The summed E-state index contributed by atoms with van der Waals surface area (Å²) in [5, 5.41) is 11.0. The second-order valence-electron chi connectivity index (χ2n) is 7.02. The van der Waals surface area contributed by atoms with Crippen molar-refractivity contribution >= 4 is 11.6 Å². The first kappa shape index (κ1) is 16.9. The van der Waals surface area contributed by atoms with E-state index in [0.717, 1.165) is 37.2 Å². The molecule has 0 spiro atoms. The Morgan fingerprint density at radius 2 is 1.50 bits per heavy atom. The Balaban J connectivity index is 1.71. The highest BCUT2D eigenvalue weighted by Gasteiger charge is 2.41. The van der Waals surface area contributed by atoms with Crippen LogP contribution in [-0.2, 0) is 4.79 Å². The van der Waals surface area contributed by atoms with Gasteiger partial charge in [-0.3, -0.25) is 14.6 Å². The van der Waals surface area contributed by atoms with Gasteiger partial charge in [0.15, 0.2) is 0 Å². The molecule has 1 atom stereocenters. The third-order valence-corrected chi connectivity index (χ3v) is 5.28. The Morgan fingerprint density at radius 3 is 2.15 bits per heavy atom. The summed E-state index contributed by atoms with van der Waals surface area (Å²) in [5.41, 5.74) is 2.27. The van der Waals surface area contributed by atoms with E-state index in [2.05, 4.69) is 4.90 Å². The zero-order valence-corrected chi connectivity index (χ0v) is 14.8. The SMILES string of the molecule is O=C1C(CN2CCCCC2)=C(O)C(c2ccccc2)N1c1ccccc1. The molecule has 26 heavy (non-hydrogen) atoms. The maximum absolute atomic E-state index is 13.3. The van der Waals surface area contributed by atoms with E-state index in [4.69, 9.17) is 0 Å². The van der Waals surface area contributed by atoms with Gasteiger partial charge in [-0.25, -0.2) is 0 Å². The van der Waals surface area contributed by atoms with Gasteiger partial charge in [0.25, 0.3) is 5.91 Å². The van der Waals surface area contributed by atoms with Crippen molar-refractivity contribution in [2.45, 2.75) is 25.3 Å². The van der Waals surface area contributed by atoms with Crippen molar-refractivity contribution in [1.82, 2.24) is 4.90 Å². The minimum Gasteiger partial charge on any atom is -0.509 e. The molecule has 0 aromatic heterocycles. The number of rotatable bonds is 4. The fraction of sp³-hybridized carbons (Fsp3) is 0.318. The van der Waals surface area contributed by atoms with E-state index in [-0.39, 0.29) is 11.7 Å². The summed E-state index contributed by atoms with van der Waals surface area (Å²) in [5.74, 6) is 0.101. The number of aliphatic hydroxyl groups excluding tert-OH is 1. The molecule has 0 aliphatic carbocycles. The number of carbonyl (C=O) groups excluding carboxylic acids is 1. The molecule has 1 unspecified atom stereocenters. The summed E-state index contributed by atoms with van der Waals surface area (Å²) in [6.45, 7) is 2.51. The van der Waals surface area contributed by atoms with Gasteiger partial charge in [-0.15, -0.1) is 0 Å². The number of aliphatic hydroxyl groups is 1. The second-order valence-corrected chi connectivity index (χ2v) is 7.02.